The molecule has 0 spiro atoms. The van der Waals surface area contributed by atoms with Crippen molar-refractivity contribution in [2.75, 3.05) is 23.2 Å². The first kappa shape index (κ1) is 18.2. The minimum Gasteiger partial charge on any atom is -0.373 e. The summed E-state index contributed by atoms with van der Waals surface area (Å²) in [6.07, 6.45) is 3.81. The number of pyridine rings is 1. The molecule has 0 aliphatic heterocycles. The van der Waals surface area contributed by atoms with Crippen LogP contribution < -0.4 is 9.62 Å². The highest BCUT2D eigenvalue weighted by Gasteiger charge is 2.16. The molecular formula is C17H22FN3O2S. The topological polar surface area (TPSA) is 62.3 Å². The van der Waals surface area contributed by atoms with E-state index in [-0.39, 0.29) is 16.3 Å². The minimum absolute atomic E-state index is 0.00680. The summed E-state index contributed by atoms with van der Waals surface area (Å²) in [5, 5.41) is 0. The minimum atomic E-state index is -3.79. The molecule has 0 saturated heterocycles. The van der Waals surface area contributed by atoms with Crippen LogP contribution in [0.4, 0.5) is 15.9 Å². The standard InChI is InChI=1S/C17H22FN3O2S/c1-4-5-10-21(3)14-6-9-17(19-12-14)20-24(22,23)15-7-8-16(18)13(2)11-15/h6-9,11-12H,4-5,10H2,1-3H3,(H,19,20). The molecular weight excluding hydrogens is 329 g/mol. The van der Waals surface area contributed by atoms with Crippen LogP contribution in [0, 0.1) is 12.7 Å². The van der Waals surface area contributed by atoms with E-state index >= 15 is 0 Å². The van der Waals surface area contributed by atoms with Crippen molar-refractivity contribution >= 4 is 21.5 Å². The Kier molecular flexibility index (Phi) is 5.77. The number of benzene rings is 1. The number of halogens is 1. The molecule has 1 aromatic heterocycles. The van der Waals surface area contributed by atoms with E-state index in [1.54, 1.807) is 12.3 Å². The SMILES string of the molecule is CCCCN(C)c1ccc(NS(=O)(=O)c2ccc(F)c(C)c2)nc1. The van der Waals surface area contributed by atoms with Gasteiger partial charge >= 0.3 is 0 Å². The van der Waals surface area contributed by atoms with Crippen LogP contribution in [0.2, 0.25) is 0 Å². The lowest BCUT2D eigenvalue weighted by molar-refractivity contribution is 0.598. The van der Waals surface area contributed by atoms with Crippen molar-refractivity contribution in [1.82, 2.24) is 4.98 Å². The summed E-state index contributed by atoms with van der Waals surface area (Å²) in [5.74, 6) is -0.212. The predicted octanol–water partition coefficient (Wildman–Crippen LogP) is 3.57. The average molecular weight is 351 g/mol. The summed E-state index contributed by atoms with van der Waals surface area (Å²) in [4.78, 5) is 6.23. The van der Waals surface area contributed by atoms with Gasteiger partial charge in [-0.2, -0.15) is 0 Å². The van der Waals surface area contributed by atoms with Gasteiger partial charge in [0.2, 0.25) is 0 Å². The van der Waals surface area contributed by atoms with Crippen LogP contribution in [0.3, 0.4) is 0 Å². The van der Waals surface area contributed by atoms with Crippen LogP contribution in [0.25, 0.3) is 0 Å². The van der Waals surface area contributed by atoms with Gasteiger partial charge in [-0.3, -0.25) is 4.72 Å². The van der Waals surface area contributed by atoms with Crippen molar-refractivity contribution in [1.29, 1.82) is 0 Å². The Morgan fingerprint density at radius 3 is 2.58 bits per heavy atom. The molecule has 1 heterocycles. The van der Waals surface area contributed by atoms with Crippen molar-refractivity contribution < 1.29 is 12.8 Å². The molecule has 1 aromatic carbocycles. The maximum absolute atomic E-state index is 13.3. The molecule has 0 amide bonds. The van der Waals surface area contributed by atoms with Gasteiger partial charge in [0.1, 0.15) is 11.6 Å². The molecule has 0 radical (unpaired) electrons. The molecule has 0 aliphatic carbocycles. The van der Waals surface area contributed by atoms with Crippen LogP contribution in [0.15, 0.2) is 41.4 Å². The second-order valence-corrected chi connectivity index (χ2v) is 7.38. The summed E-state index contributed by atoms with van der Waals surface area (Å²) in [5.41, 5.74) is 1.20. The van der Waals surface area contributed by atoms with Gasteiger partial charge in [-0.05, 0) is 49.2 Å². The fourth-order valence-corrected chi connectivity index (χ4v) is 3.27. The largest absolute Gasteiger partial charge is 0.373 e. The highest BCUT2D eigenvalue weighted by atomic mass is 32.2. The number of nitrogens with zero attached hydrogens (tertiary/aromatic N) is 2. The fourth-order valence-electron chi connectivity index (χ4n) is 2.18. The Labute approximate surface area is 142 Å². The summed E-state index contributed by atoms with van der Waals surface area (Å²) in [6.45, 7) is 4.56. The van der Waals surface area contributed by atoms with Gasteiger partial charge < -0.3 is 4.90 Å². The third-order valence-electron chi connectivity index (χ3n) is 3.71. The smallest absolute Gasteiger partial charge is 0.263 e. The monoisotopic (exact) mass is 351 g/mol. The lowest BCUT2D eigenvalue weighted by Gasteiger charge is -2.18. The quantitative estimate of drug-likeness (QED) is 0.828. The number of sulfonamides is 1. The zero-order chi connectivity index (χ0) is 17.7. The van der Waals surface area contributed by atoms with Crippen molar-refractivity contribution in [2.24, 2.45) is 0 Å². The van der Waals surface area contributed by atoms with E-state index in [1.165, 1.54) is 19.1 Å². The molecule has 0 saturated carbocycles. The first-order valence-electron chi connectivity index (χ1n) is 7.79. The van der Waals surface area contributed by atoms with Gasteiger partial charge in [0.25, 0.3) is 10.0 Å². The molecule has 0 bridgehead atoms. The summed E-state index contributed by atoms with van der Waals surface area (Å²) in [6, 6.07) is 7.10. The highest BCUT2D eigenvalue weighted by Crippen LogP contribution is 2.19. The molecule has 1 N–H and O–H groups in total. The zero-order valence-corrected chi connectivity index (χ0v) is 14.9. The van der Waals surface area contributed by atoms with Gasteiger partial charge in [0.15, 0.2) is 0 Å². The van der Waals surface area contributed by atoms with Crippen LogP contribution in [-0.2, 0) is 10.0 Å². The number of unbranched alkanes of at least 4 members (excludes halogenated alkanes) is 1. The van der Waals surface area contributed by atoms with Crippen molar-refractivity contribution in [2.45, 2.75) is 31.6 Å². The van der Waals surface area contributed by atoms with Gasteiger partial charge in [-0.15, -0.1) is 0 Å². The van der Waals surface area contributed by atoms with E-state index in [9.17, 15) is 12.8 Å². The number of nitrogens with one attached hydrogen (secondary N) is 1. The van der Waals surface area contributed by atoms with Crippen molar-refractivity contribution in [3.63, 3.8) is 0 Å². The molecule has 0 fully saturated rings. The number of rotatable bonds is 7. The van der Waals surface area contributed by atoms with Crippen molar-refractivity contribution in [3.8, 4) is 0 Å². The maximum Gasteiger partial charge on any atom is 0.263 e. The normalized spacial score (nSPS) is 11.3. The third kappa shape index (κ3) is 4.44. The second kappa shape index (κ2) is 7.61. The van der Waals surface area contributed by atoms with Gasteiger partial charge in [0.05, 0.1) is 16.8 Å². The van der Waals surface area contributed by atoms with Crippen molar-refractivity contribution in [3.05, 3.63) is 47.9 Å². The van der Waals surface area contributed by atoms with Gasteiger partial charge in [0, 0.05) is 13.6 Å². The van der Waals surface area contributed by atoms with E-state index in [2.05, 4.69) is 21.5 Å². The first-order chi connectivity index (χ1) is 11.3. The lowest BCUT2D eigenvalue weighted by atomic mass is 10.2. The molecule has 130 valence electrons. The molecule has 24 heavy (non-hydrogen) atoms. The second-order valence-electron chi connectivity index (χ2n) is 5.69. The number of anilines is 2. The van der Waals surface area contributed by atoms with Gasteiger partial charge in [-0.25, -0.2) is 17.8 Å². The van der Waals surface area contributed by atoms with E-state index < -0.39 is 15.8 Å². The Hall–Kier alpha value is -2.15. The Balaban J connectivity index is 2.13. The number of aryl methyl sites for hydroxylation is 1. The molecule has 2 aromatic rings. The molecule has 0 unspecified atom stereocenters. The molecule has 5 nitrogen and oxygen atoms in total. The number of aromatic nitrogens is 1. The highest BCUT2D eigenvalue weighted by molar-refractivity contribution is 7.92. The van der Waals surface area contributed by atoms with E-state index in [0.29, 0.717) is 0 Å². The molecule has 7 heteroatoms. The molecule has 2 rings (SSSR count). The van der Waals surface area contributed by atoms with E-state index in [1.807, 2.05) is 13.1 Å². The molecule has 0 aliphatic rings. The summed E-state index contributed by atoms with van der Waals surface area (Å²) >= 11 is 0. The number of hydrogen-bond acceptors (Lipinski definition) is 4. The third-order valence-corrected chi connectivity index (χ3v) is 5.07. The van der Waals surface area contributed by atoms with E-state index in [0.717, 1.165) is 31.1 Å². The van der Waals surface area contributed by atoms with Crippen LogP contribution in [-0.4, -0.2) is 27.0 Å². The summed E-state index contributed by atoms with van der Waals surface area (Å²) < 4.78 is 40.4. The number of hydrogen-bond donors (Lipinski definition) is 1. The van der Waals surface area contributed by atoms with Gasteiger partial charge in [-0.1, -0.05) is 13.3 Å². The van der Waals surface area contributed by atoms with Crippen LogP contribution in [0.5, 0.6) is 0 Å². The van der Waals surface area contributed by atoms with Crippen LogP contribution >= 0.6 is 0 Å². The van der Waals surface area contributed by atoms with E-state index in [4.69, 9.17) is 0 Å². The predicted molar refractivity (Wildman–Crippen MR) is 94.4 cm³/mol. The fraction of sp³-hybridized carbons (Fsp3) is 0.353. The first-order valence-corrected chi connectivity index (χ1v) is 9.28. The lowest BCUT2D eigenvalue weighted by Crippen LogP contribution is -2.19. The average Bonchev–Trinajstić information content (AvgIpc) is 2.55. The Morgan fingerprint density at radius 1 is 1.25 bits per heavy atom. The maximum atomic E-state index is 13.3. The van der Waals surface area contributed by atoms with Crippen LogP contribution in [0.1, 0.15) is 25.3 Å². The summed E-state index contributed by atoms with van der Waals surface area (Å²) in [7, 11) is -1.82. The Bertz CT molecular complexity index is 792. The zero-order valence-electron chi connectivity index (χ0n) is 14.1. The molecule has 0 atom stereocenters. The Morgan fingerprint density at radius 2 is 2.00 bits per heavy atom.